The van der Waals surface area contributed by atoms with Crippen molar-refractivity contribution < 1.29 is 4.74 Å². The zero-order valence-corrected chi connectivity index (χ0v) is 6.02. The molecule has 0 amide bonds. The Kier molecular flexibility index (Phi) is 1.10. The van der Waals surface area contributed by atoms with Crippen molar-refractivity contribution in [2.75, 3.05) is 13.2 Å². The van der Waals surface area contributed by atoms with Gasteiger partial charge in [0.25, 0.3) is 0 Å². The third kappa shape index (κ3) is 0.644. The molecule has 0 aromatic carbocycles. The Morgan fingerprint density at radius 2 is 2.22 bits per heavy atom. The first kappa shape index (κ1) is 5.72. The lowest BCUT2D eigenvalue weighted by Crippen LogP contribution is -2.44. The molecule has 1 atom stereocenters. The van der Waals surface area contributed by atoms with E-state index in [1.54, 1.807) is 0 Å². The normalized spacial score (nSPS) is 39.0. The predicted octanol–water partition coefficient (Wildman–Crippen LogP) is 1.82. The Labute approximate surface area is 56.4 Å². The van der Waals surface area contributed by atoms with Crippen molar-refractivity contribution in [1.29, 1.82) is 0 Å². The maximum atomic E-state index is 5.23. The van der Waals surface area contributed by atoms with Gasteiger partial charge in [0.2, 0.25) is 0 Å². The maximum absolute atomic E-state index is 5.23. The fourth-order valence-electron chi connectivity index (χ4n) is 2.11. The van der Waals surface area contributed by atoms with E-state index in [9.17, 15) is 0 Å². The predicted molar refractivity (Wildman–Crippen MR) is 36.3 cm³/mol. The average molecular weight is 126 g/mol. The van der Waals surface area contributed by atoms with Gasteiger partial charge in [-0.25, -0.2) is 0 Å². The molecule has 1 aliphatic carbocycles. The summed E-state index contributed by atoms with van der Waals surface area (Å²) in [6, 6.07) is 0. The van der Waals surface area contributed by atoms with Crippen molar-refractivity contribution in [1.82, 2.24) is 0 Å². The Morgan fingerprint density at radius 1 is 1.44 bits per heavy atom. The highest BCUT2D eigenvalue weighted by atomic mass is 16.5. The molecule has 1 heterocycles. The highest BCUT2D eigenvalue weighted by Crippen LogP contribution is 2.48. The van der Waals surface area contributed by atoms with Crippen molar-refractivity contribution in [3.05, 3.63) is 0 Å². The maximum Gasteiger partial charge on any atom is 0.0547 e. The smallest absolute Gasteiger partial charge is 0.0547 e. The molecule has 1 aliphatic heterocycles. The van der Waals surface area contributed by atoms with Crippen LogP contribution in [0, 0.1) is 11.3 Å². The number of hydrogen-bond acceptors (Lipinski definition) is 1. The summed E-state index contributed by atoms with van der Waals surface area (Å²) < 4.78 is 5.23. The molecule has 2 aliphatic rings. The van der Waals surface area contributed by atoms with Gasteiger partial charge < -0.3 is 4.74 Å². The van der Waals surface area contributed by atoms with Crippen molar-refractivity contribution in [2.24, 2.45) is 11.3 Å². The highest BCUT2D eigenvalue weighted by Gasteiger charge is 2.46. The summed E-state index contributed by atoms with van der Waals surface area (Å²) in [6.07, 6.45) is 4.29. The molecule has 0 aromatic rings. The summed E-state index contributed by atoms with van der Waals surface area (Å²) in [4.78, 5) is 0. The minimum atomic E-state index is 0.653. The average Bonchev–Trinajstić information content (AvgIpc) is 2.07. The second-order valence-corrected chi connectivity index (χ2v) is 3.65. The first-order chi connectivity index (χ1) is 4.33. The van der Waals surface area contributed by atoms with Crippen LogP contribution in [0.3, 0.4) is 0 Å². The summed E-state index contributed by atoms with van der Waals surface area (Å²) in [7, 11) is 0. The van der Waals surface area contributed by atoms with Crippen LogP contribution >= 0.6 is 0 Å². The minimum Gasteiger partial charge on any atom is -0.380 e. The molecule has 1 spiro atoms. The fraction of sp³-hybridized carbons (Fsp3) is 1.00. The van der Waals surface area contributed by atoms with Gasteiger partial charge in [-0.05, 0) is 18.8 Å². The van der Waals surface area contributed by atoms with E-state index in [1.807, 2.05) is 0 Å². The van der Waals surface area contributed by atoms with E-state index >= 15 is 0 Å². The van der Waals surface area contributed by atoms with E-state index in [1.165, 1.54) is 19.3 Å². The number of rotatable bonds is 0. The molecule has 1 saturated heterocycles. The lowest BCUT2D eigenvalue weighted by molar-refractivity contribution is -0.130. The Balaban J connectivity index is 2.09. The second-order valence-electron chi connectivity index (χ2n) is 3.65. The van der Waals surface area contributed by atoms with Gasteiger partial charge in [-0.2, -0.15) is 0 Å². The van der Waals surface area contributed by atoms with E-state index in [4.69, 9.17) is 4.74 Å². The molecule has 1 saturated carbocycles. The monoisotopic (exact) mass is 126 g/mol. The third-order valence-corrected chi connectivity index (χ3v) is 3.14. The quantitative estimate of drug-likeness (QED) is 0.481. The van der Waals surface area contributed by atoms with Gasteiger partial charge in [-0.1, -0.05) is 13.3 Å². The summed E-state index contributed by atoms with van der Waals surface area (Å²) in [5.41, 5.74) is 0.653. The fourth-order valence-corrected chi connectivity index (χ4v) is 2.11. The van der Waals surface area contributed by atoms with Gasteiger partial charge in [0.15, 0.2) is 0 Å². The molecule has 0 bridgehead atoms. The van der Waals surface area contributed by atoms with Gasteiger partial charge >= 0.3 is 0 Å². The molecule has 52 valence electrons. The molecule has 2 fully saturated rings. The number of ether oxygens (including phenoxy) is 1. The van der Waals surface area contributed by atoms with Crippen LogP contribution in [0.1, 0.15) is 26.2 Å². The van der Waals surface area contributed by atoms with Crippen molar-refractivity contribution >= 4 is 0 Å². The van der Waals surface area contributed by atoms with E-state index in [2.05, 4.69) is 6.92 Å². The molecule has 1 unspecified atom stereocenters. The Morgan fingerprint density at radius 3 is 2.44 bits per heavy atom. The first-order valence-electron chi connectivity index (χ1n) is 3.91. The number of hydrogen-bond donors (Lipinski definition) is 0. The zero-order valence-electron chi connectivity index (χ0n) is 6.02. The third-order valence-electron chi connectivity index (χ3n) is 3.14. The SMILES string of the molecule is CC1CCCC12COC2. The van der Waals surface area contributed by atoms with Gasteiger partial charge in [-0.15, -0.1) is 0 Å². The van der Waals surface area contributed by atoms with Gasteiger partial charge in [0.1, 0.15) is 0 Å². The molecule has 0 N–H and O–H groups in total. The molecule has 0 aromatic heterocycles. The summed E-state index contributed by atoms with van der Waals surface area (Å²) >= 11 is 0. The van der Waals surface area contributed by atoms with Crippen LogP contribution < -0.4 is 0 Å². The van der Waals surface area contributed by atoms with Crippen molar-refractivity contribution in [3.63, 3.8) is 0 Å². The topological polar surface area (TPSA) is 9.23 Å². The zero-order chi connectivity index (χ0) is 6.32. The van der Waals surface area contributed by atoms with Crippen LogP contribution in [0.25, 0.3) is 0 Å². The van der Waals surface area contributed by atoms with Gasteiger partial charge in [-0.3, -0.25) is 0 Å². The van der Waals surface area contributed by atoms with Crippen molar-refractivity contribution in [3.8, 4) is 0 Å². The Hall–Kier alpha value is -0.0400. The molecule has 0 radical (unpaired) electrons. The minimum absolute atomic E-state index is 0.653. The summed E-state index contributed by atoms with van der Waals surface area (Å²) in [5.74, 6) is 0.936. The van der Waals surface area contributed by atoms with Crippen LogP contribution in [0.5, 0.6) is 0 Å². The Bertz CT molecular complexity index is 116. The molecular weight excluding hydrogens is 112 g/mol. The van der Waals surface area contributed by atoms with Crippen LogP contribution in [0.2, 0.25) is 0 Å². The standard InChI is InChI=1S/C8H14O/c1-7-3-2-4-8(7)5-9-6-8/h7H,2-6H2,1H3. The highest BCUT2D eigenvalue weighted by molar-refractivity contribution is 4.94. The van der Waals surface area contributed by atoms with Crippen LogP contribution in [0.4, 0.5) is 0 Å². The molecule has 2 rings (SSSR count). The van der Waals surface area contributed by atoms with E-state index in [0.717, 1.165) is 19.1 Å². The molecular formula is C8H14O. The van der Waals surface area contributed by atoms with E-state index in [-0.39, 0.29) is 0 Å². The second kappa shape index (κ2) is 1.72. The largest absolute Gasteiger partial charge is 0.380 e. The van der Waals surface area contributed by atoms with E-state index < -0.39 is 0 Å². The van der Waals surface area contributed by atoms with Gasteiger partial charge in [0, 0.05) is 5.41 Å². The van der Waals surface area contributed by atoms with Crippen molar-refractivity contribution in [2.45, 2.75) is 26.2 Å². The van der Waals surface area contributed by atoms with Crippen LogP contribution in [0.15, 0.2) is 0 Å². The van der Waals surface area contributed by atoms with E-state index in [0.29, 0.717) is 5.41 Å². The van der Waals surface area contributed by atoms with Crippen LogP contribution in [-0.4, -0.2) is 13.2 Å². The lowest BCUT2D eigenvalue weighted by Gasteiger charge is -2.41. The lowest BCUT2D eigenvalue weighted by atomic mass is 9.77. The first-order valence-corrected chi connectivity index (χ1v) is 3.91. The summed E-state index contributed by atoms with van der Waals surface area (Å²) in [6.45, 7) is 4.47. The summed E-state index contributed by atoms with van der Waals surface area (Å²) in [5, 5.41) is 0. The van der Waals surface area contributed by atoms with Crippen LogP contribution in [-0.2, 0) is 4.74 Å². The molecule has 1 nitrogen and oxygen atoms in total. The molecule has 1 heteroatoms. The van der Waals surface area contributed by atoms with Gasteiger partial charge in [0.05, 0.1) is 13.2 Å². The molecule has 9 heavy (non-hydrogen) atoms.